The van der Waals surface area contributed by atoms with Crippen molar-refractivity contribution in [3.63, 3.8) is 0 Å². The van der Waals surface area contributed by atoms with Gasteiger partial charge in [0.15, 0.2) is 0 Å². The van der Waals surface area contributed by atoms with E-state index in [1.54, 1.807) is 30.8 Å². The fourth-order valence-electron chi connectivity index (χ4n) is 3.18. The Morgan fingerprint density at radius 3 is 3.04 bits per heavy atom. The van der Waals surface area contributed by atoms with Crippen LogP contribution in [0.5, 0.6) is 5.75 Å². The average Bonchev–Trinajstić information content (AvgIpc) is 3.18. The lowest BCUT2D eigenvalue weighted by Gasteiger charge is -2.27. The molecule has 0 amide bonds. The summed E-state index contributed by atoms with van der Waals surface area (Å²) < 4.78 is 19.2. The van der Waals surface area contributed by atoms with Crippen LogP contribution in [0.4, 0.5) is 4.39 Å². The molecule has 0 bridgehead atoms. The molecule has 0 radical (unpaired) electrons. The van der Waals surface area contributed by atoms with E-state index in [1.165, 1.54) is 0 Å². The fourth-order valence-corrected chi connectivity index (χ4v) is 3.82. The molecule has 1 saturated heterocycles. The molecule has 24 heavy (non-hydrogen) atoms. The molecule has 1 fully saturated rings. The first-order valence-corrected chi connectivity index (χ1v) is 8.96. The number of thiazole rings is 1. The van der Waals surface area contributed by atoms with Crippen molar-refractivity contribution < 1.29 is 9.13 Å². The third-order valence-corrected chi connectivity index (χ3v) is 5.04. The van der Waals surface area contributed by atoms with E-state index in [2.05, 4.69) is 19.8 Å². The lowest BCUT2D eigenvalue weighted by molar-refractivity contribution is 0.179. The van der Waals surface area contributed by atoms with Crippen LogP contribution in [0.25, 0.3) is 0 Å². The van der Waals surface area contributed by atoms with E-state index in [9.17, 15) is 4.39 Å². The SMILES string of the molecule is COc1ccnc(CN(C)C[C@@H]2C[C@H](F)CN2Cc2nccs2)c1. The van der Waals surface area contributed by atoms with Crippen LogP contribution in [0.15, 0.2) is 29.9 Å². The molecule has 2 atom stereocenters. The van der Waals surface area contributed by atoms with Crippen molar-refractivity contribution in [1.29, 1.82) is 0 Å². The summed E-state index contributed by atoms with van der Waals surface area (Å²) in [6.07, 6.45) is 3.39. The second-order valence-corrected chi connectivity index (χ2v) is 7.20. The van der Waals surface area contributed by atoms with E-state index in [0.29, 0.717) is 13.0 Å². The minimum Gasteiger partial charge on any atom is -0.497 e. The predicted octanol–water partition coefficient (Wildman–Crippen LogP) is 2.59. The zero-order chi connectivity index (χ0) is 16.9. The summed E-state index contributed by atoms with van der Waals surface area (Å²) in [5, 5.41) is 3.01. The van der Waals surface area contributed by atoms with Crippen LogP contribution in [-0.2, 0) is 13.1 Å². The van der Waals surface area contributed by atoms with Gasteiger partial charge in [0, 0.05) is 49.5 Å². The Morgan fingerprint density at radius 1 is 1.42 bits per heavy atom. The normalized spacial score (nSPS) is 21.5. The minimum atomic E-state index is -0.752. The molecule has 0 aromatic carbocycles. The van der Waals surface area contributed by atoms with Gasteiger partial charge in [-0.05, 0) is 19.5 Å². The summed E-state index contributed by atoms with van der Waals surface area (Å²) in [7, 11) is 3.70. The van der Waals surface area contributed by atoms with Crippen molar-refractivity contribution in [3.05, 3.63) is 40.6 Å². The van der Waals surface area contributed by atoms with Crippen molar-refractivity contribution in [3.8, 4) is 5.75 Å². The van der Waals surface area contributed by atoms with Gasteiger partial charge in [-0.1, -0.05) is 0 Å². The zero-order valence-corrected chi connectivity index (χ0v) is 14.9. The number of rotatable bonds is 7. The molecule has 3 heterocycles. The van der Waals surface area contributed by atoms with E-state index in [1.807, 2.05) is 24.6 Å². The number of halogens is 1. The highest BCUT2D eigenvalue weighted by molar-refractivity contribution is 7.09. The molecule has 0 saturated carbocycles. The maximum absolute atomic E-state index is 13.9. The number of ether oxygens (including phenoxy) is 1. The quantitative estimate of drug-likeness (QED) is 0.768. The van der Waals surface area contributed by atoms with Gasteiger partial charge in [-0.2, -0.15) is 0 Å². The summed E-state index contributed by atoms with van der Waals surface area (Å²) >= 11 is 1.63. The minimum absolute atomic E-state index is 0.208. The number of methoxy groups -OCH3 is 1. The van der Waals surface area contributed by atoms with Gasteiger partial charge in [0.05, 0.1) is 19.3 Å². The molecular formula is C17H23FN4OS. The molecule has 0 aliphatic carbocycles. The Balaban J connectivity index is 1.58. The lowest BCUT2D eigenvalue weighted by Crippen LogP contribution is -2.38. The number of nitrogens with zero attached hydrogens (tertiary/aromatic N) is 4. The molecule has 130 valence electrons. The van der Waals surface area contributed by atoms with Gasteiger partial charge in [0.25, 0.3) is 0 Å². The second-order valence-electron chi connectivity index (χ2n) is 6.23. The lowest BCUT2D eigenvalue weighted by atomic mass is 10.2. The summed E-state index contributed by atoms with van der Waals surface area (Å²) in [5.74, 6) is 0.809. The molecule has 3 rings (SSSR count). The van der Waals surface area contributed by atoms with Gasteiger partial charge in [-0.3, -0.25) is 14.8 Å². The van der Waals surface area contributed by atoms with Gasteiger partial charge >= 0.3 is 0 Å². The van der Waals surface area contributed by atoms with Crippen molar-refractivity contribution in [2.24, 2.45) is 0 Å². The van der Waals surface area contributed by atoms with Crippen LogP contribution in [0, 0.1) is 0 Å². The van der Waals surface area contributed by atoms with Gasteiger partial charge in [0.1, 0.15) is 16.9 Å². The van der Waals surface area contributed by atoms with E-state index in [4.69, 9.17) is 4.74 Å². The predicted molar refractivity (Wildman–Crippen MR) is 92.9 cm³/mol. The maximum atomic E-state index is 13.9. The molecule has 1 aliphatic heterocycles. The molecule has 0 N–H and O–H groups in total. The largest absolute Gasteiger partial charge is 0.497 e. The van der Waals surface area contributed by atoms with Crippen LogP contribution in [0.3, 0.4) is 0 Å². The van der Waals surface area contributed by atoms with Crippen molar-refractivity contribution in [2.75, 3.05) is 27.2 Å². The Kier molecular flexibility index (Phi) is 5.76. The molecule has 7 heteroatoms. The van der Waals surface area contributed by atoms with Gasteiger partial charge in [0.2, 0.25) is 0 Å². The van der Waals surface area contributed by atoms with Crippen molar-refractivity contribution in [1.82, 2.24) is 19.8 Å². The van der Waals surface area contributed by atoms with E-state index in [-0.39, 0.29) is 6.04 Å². The third-order valence-electron chi connectivity index (χ3n) is 4.28. The number of likely N-dealkylation sites (tertiary alicyclic amines) is 1. The van der Waals surface area contributed by atoms with Gasteiger partial charge in [-0.15, -0.1) is 11.3 Å². The smallest absolute Gasteiger partial charge is 0.122 e. The third kappa shape index (κ3) is 4.49. The van der Waals surface area contributed by atoms with E-state index in [0.717, 1.165) is 36.1 Å². The summed E-state index contributed by atoms with van der Waals surface area (Å²) in [6, 6.07) is 3.99. The molecule has 5 nitrogen and oxygen atoms in total. The maximum Gasteiger partial charge on any atom is 0.122 e. The number of hydrogen-bond donors (Lipinski definition) is 0. The van der Waals surface area contributed by atoms with Crippen molar-refractivity contribution >= 4 is 11.3 Å². The Labute approximate surface area is 146 Å². The highest BCUT2D eigenvalue weighted by Gasteiger charge is 2.33. The monoisotopic (exact) mass is 350 g/mol. The molecule has 2 aromatic heterocycles. The topological polar surface area (TPSA) is 41.5 Å². The summed E-state index contributed by atoms with van der Waals surface area (Å²) in [4.78, 5) is 13.1. The number of alkyl halides is 1. The highest BCUT2D eigenvalue weighted by Crippen LogP contribution is 2.24. The van der Waals surface area contributed by atoms with Gasteiger partial charge in [-0.25, -0.2) is 9.37 Å². The zero-order valence-electron chi connectivity index (χ0n) is 14.1. The molecule has 2 aromatic rings. The summed E-state index contributed by atoms with van der Waals surface area (Å²) in [5.41, 5.74) is 0.957. The van der Waals surface area contributed by atoms with Crippen LogP contribution in [0.2, 0.25) is 0 Å². The first-order chi connectivity index (χ1) is 11.6. The number of pyridine rings is 1. The van der Waals surface area contributed by atoms with Crippen LogP contribution >= 0.6 is 11.3 Å². The molecule has 0 spiro atoms. The summed E-state index contributed by atoms with van der Waals surface area (Å²) in [6.45, 7) is 2.75. The molecule has 0 unspecified atom stereocenters. The van der Waals surface area contributed by atoms with Crippen molar-refractivity contribution in [2.45, 2.75) is 31.7 Å². The van der Waals surface area contributed by atoms with Crippen LogP contribution < -0.4 is 4.74 Å². The van der Waals surface area contributed by atoms with E-state index < -0.39 is 6.17 Å². The highest BCUT2D eigenvalue weighted by atomic mass is 32.1. The van der Waals surface area contributed by atoms with Gasteiger partial charge < -0.3 is 4.74 Å². The number of likely N-dealkylation sites (N-methyl/N-ethyl adjacent to an activating group) is 1. The van der Waals surface area contributed by atoms with Crippen LogP contribution in [0.1, 0.15) is 17.1 Å². The fraction of sp³-hybridized carbons (Fsp3) is 0.529. The van der Waals surface area contributed by atoms with Crippen LogP contribution in [-0.4, -0.2) is 59.2 Å². The number of aromatic nitrogens is 2. The number of hydrogen-bond acceptors (Lipinski definition) is 6. The molecular weight excluding hydrogens is 327 g/mol. The Morgan fingerprint density at radius 2 is 2.29 bits per heavy atom. The standard InChI is InChI=1S/C17H23FN4OS/c1-21(10-14-8-16(23-2)3-4-19-14)11-15-7-13(18)9-22(15)12-17-20-5-6-24-17/h3-6,8,13,15H,7,9-12H2,1-2H3/t13-,15-/m0/s1. The van der Waals surface area contributed by atoms with E-state index >= 15 is 0 Å². The molecule has 1 aliphatic rings. The first-order valence-electron chi connectivity index (χ1n) is 8.08. The Bertz CT molecular complexity index is 639. The second kappa shape index (κ2) is 8.00. The Hall–Kier alpha value is -1.57. The first kappa shape index (κ1) is 17.3. The average molecular weight is 350 g/mol.